The van der Waals surface area contributed by atoms with Crippen molar-refractivity contribution < 1.29 is 5.11 Å². The van der Waals surface area contributed by atoms with Crippen LogP contribution >= 0.6 is 39.3 Å². The van der Waals surface area contributed by atoms with Gasteiger partial charge in [-0.1, -0.05) is 54.1 Å². The summed E-state index contributed by atoms with van der Waals surface area (Å²) in [6.07, 6.45) is 0. The van der Waals surface area contributed by atoms with E-state index in [0.29, 0.717) is 10.2 Å². The second-order valence-corrected chi connectivity index (χ2v) is 6.64. The van der Waals surface area contributed by atoms with Gasteiger partial charge in [0.25, 0.3) is 0 Å². The molecule has 21 heavy (non-hydrogen) atoms. The standard InChI is InChI=1S/C16H11BrClNOS/c17-14-11-6-2-3-7-12(11)16(19-15(14)20)21-9-10-5-1-4-8-13(10)18/h1-8H,9H2,(H,19,20). The highest BCUT2D eigenvalue weighted by Gasteiger charge is 2.12. The van der Waals surface area contributed by atoms with E-state index in [1.807, 2.05) is 48.5 Å². The fourth-order valence-electron chi connectivity index (χ4n) is 2.06. The number of hydrogen-bond acceptors (Lipinski definition) is 3. The van der Waals surface area contributed by atoms with Crippen LogP contribution in [0.5, 0.6) is 5.88 Å². The smallest absolute Gasteiger partial charge is 0.227 e. The molecule has 0 saturated heterocycles. The van der Waals surface area contributed by atoms with Gasteiger partial charge in [-0.25, -0.2) is 4.98 Å². The zero-order valence-electron chi connectivity index (χ0n) is 10.9. The Labute approximate surface area is 140 Å². The molecule has 0 aliphatic carbocycles. The van der Waals surface area contributed by atoms with Crippen LogP contribution in [0.2, 0.25) is 5.02 Å². The average molecular weight is 381 g/mol. The van der Waals surface area contributed by atoms with Crippen molar-refractivity contribution in [2.75, 3.05) is 0 Å². The van der Waals surface area contributed by atoms with E-state index in [2.05, 4.69) is 20.9 Å². The number of thioether (sulfide) groups is 1. The van der Waals surface area contributed by atoms with Crippen LogP contribution < -0.4 is 0 Å². The molecular formula is C16H11BrClNOS. The monoisotopic (exact) mass is 379 g/mol. The van der Waals surface area contributed by atoms with Crippen LogP contribution in [-0.4, -0.2) is 10.1 Å². The zero-order valence-corrected chi connectivity index (χ0v) is 14.0. The highest BCUT2D eigenvalue weighted by molar-refractivity contribution is 9.10. The highest BCUT2D eigenvalue weighted by Crippen LogP contribution is 2.37. The molecule has 0 unspecified atom stereocenters. The maximum Gasteiger partial charge on any atom is 0.227 e. The molecule has 0 fully saturated rings. The number of halogens is 2. The topological polar surface area (TPSA) is 33.1 Å². The number of nitrogens with zero attached hydrogens (tertiary/aromatic N) is 1. The van der Waals surface area contributed by atoms with Crippen LogP contribution in [0.4, 0.5) is 0 Å². The van der Waals surface area contributed by atoms with Gasteiger partial charge in [0.2, 0.25) is 5.88 Å². The van der Waals surface area contributed by atoms with Gasteiger partial charge < -0.3 is 5.11 Å². The first-order valence-corrected chi connectivity index (χ1v) is 8.46. The molecule has 3 aromatic rings. The van der Waals surface area contributed by atoms with E-state index < -0.39 is 0 Å². The fourth-order valence-corrected chi connectivity index (χ4v) is 3.80. The molecule has 2 nitrogen and oxygen atoms in total. The summed E-state index contributed by atoms with van der Waals surface area (Å²) in [6, 6.07) is 15.6. The van der Waals surface area contributed by atoms with Crippen LogP contribution in [0.25, 0.3) is 10.8 Å². The molecule has 3 rings (SSSR count). The Balaban J connectivity index is 1.98. The number of hydrogen-bond donors (Lipinski definition) is 1. The molecule has 0 saturated carbocycles. The van der Waals surface area contributed by atoms with Crippen molar-refractivity contribution in [1.29, 1.82) is 0 Å². The average Bonchev–Trinajstić information content (AvgIpc) is 2.51. The summed E-state index contributed by atoms with van der Waals surface area (Å²) in [5.74, 6) is 0.716. The first-order valence-electron chi connectivity index (χ1n) is 6.30. The van der Waals surface area contributed by atoms with Gasteiger partial charge in [0, 0.05) is 21.5 Å². The van der Waals surface area contributed by atoms with Crippen molar-refractivity contribution in [2.45, 2.75) is 10.8 Å². The molecule has 0 atom stereocenters. The summed E-state index contributed by atoms with van der Waals surface area (Å²) in [7, 11) is 0. The Morgan fingerprint density at radius 2 is 1.71 bits per heavy atom. The second kappa shape index (κ2) is 6.26. The first-order chi connectivity index (χ1) is 10.2. The summed E-state index contributed by atoms with van der Waals surface area (Å²) < 4.78 is 0.625. The quantitative estimate of drug-likeness (QED) is 0.596. The molecular weight excluding hydrogens is 370 g/mol. The van der Waals surface area contributed by atoms with Gasteiger partial charge in [-0.3, -0.25) is 0 Å². The minimum atomic E-state index is 0.00959. The molecule has 0 bridgehead atoms. The van der Waals surface area contributed by atoms with E-state index in [1.54, 1.807) is 11.8 Å². The maximum atomic E-state index is 9.95. The van der Waals surface area contributed by atoms with Gasteiger partial charge in [-0.2, -0.15) is 0 Å². The molecule has 0 aliphatic rings. The lowest BCUT2D eigenvalue weighted by Gasteiger charge is -2.09. The number of benzene rings is 2. The normalized spacial score (nSPS) is 11.0. The van der Waals surface area contributed by atoms with Crippen LogP contribution in [0.15, 0.2) is 58.0 Å². The second-order valence-electron chi connectivity index (χ2n) is 4.48. The van der Waals surface area contributed by atoms with Crippen molar-refractivity contribution in [3.63, 3.8) is 0 Å². The Bertz CT molecular complexity index is 809. The molecule has 2 aromatic carbocycles. The predicted molar refractivity (Wildman–Crippen MR) is 92.1 cm³/mol. The van der Waals surface area contributed by atoms with Gasteiger partial charge in [0.05, 0.1) is 4.47 Å². The molecule has 0 spiro atoms. The highest BCUT2D eigenvalue weighted by atomic mass is 79.9. The summed E-state index contributed by atoms with van der Waals surface area (Å²) in [5, 5.41) is 13.5. The SMILES string of the molecule is Oc1nc(SCc2ccccc2Cl)c2ccccc2c1Br. The summed E-state index contributed by atoms with van der Waals surface area (Å²) in [6.45, 7) is 0. The van der Waals surface area contributed by atoms with Crippen LogP contribution in [0, 0.1) is 0 Å². The van der Waals surface area contributed by atoms with Crippen LogP contribution in [-0.2, 0) is 5.75 Å². The minimum absolute atomic E-state index is 0.00959. The Morgan fingerprint density at radius 3 is 2.48 bits per heavy atom. The van der Waals surface area contributed by atoms with E-state index in [4.69, 9.17) is 11.6 Å². The van der Waals surface area contributed by atoms with E-state index in [-0.39, 0.29) is 5.88 Å². The molecule has 1 heterocycles. The summed E-state index contributed by atoms with van der Waals surface area (Å²) >= 11 is 11.1. The maximum absolute atomic E-state index is 9.95. The van der Waals surface area contributed by atoms with Crippen LogP contribution in [0.3, 0.4) is 0 Å². The Kier molecular flexibility index (Phi) is 4.38. The first kappa shape index (κ1) is 14.7. The lowest BCUT2D eigenvalue weighted by atomic mass is 10.2. The number of pyridine rings is 1. The largest absolute Gasteiger partial charge is 0.492 e. The molecule has 1 aromatic heterocycles. The third-order valence-corrected chi connectivity index (χ3v) is 5.31. The molecule has 106 valence electrons. The Hall–Kier alpha value is -1.23. The summed E-state index contributed by atoms with van der Waals surface area (Å²) in [4.78, 5) is 4.27. The third-order valence-electron chi connectivity index (χ3n) is 3.12. The van der Waals surface area contributed by atoms with Crippen molar-refractivity contribution in [3.8, 4) is 5.88 Å². The number of rotatable bonds is 3. The number of aromatic hydroxyl groups is 1. The molecule has 5 heteroatoms. The van der Waals surface area contributed by atoms with Gasteiger partial charge in [-0.05, 0) is 27.6 Å². The van der Waals surface area contributed by atoms with E-state index in [1.165, 1.54) is 0 Å². The van der Waals surface area contributed by atoms with Gasteiger partial charge in [-0.15, -0.1) is 11.8 Å². The van der Waals surface area contributed by atoms with Gasteiger partial charge in [0.15, 0.2) is 0 Å². The van der Waals surface area contributed by atoms with E-state index in [9.17, 15) is 5.11 Å². The third kappa shape index (κ3) is 3.03. The van der Waals surface area contributed by atoms with E-state index >= 15 is 0 Å². The van der Waals surface area contributed by atoms with Crippen molar-refractivity contribution in [3.05, 3.63) is 63.6 Å². The van der Waals surface area contributed by atoms with Crippen molar-refractivity contribution in [1.82, 2.24) is 4.98 Å². The molecule has 0 radical (unpaired) electrons. The zero-order chi connectivity index (χ0) is 14.8. The molecule has 1 N–H and O–H groups in total. The number of fused-ring (bicyclic) bond motifs is 1. The predicted octanol–water partition coefficient (Wildman–Crippen LogP) is 5.65. The van der Waals surface area contributed by atoms with E-state index in [0.717, 1.165) is 26.4 Å². The molecule has 0 aliphatic heterocycles. The van der Waals surface area contributed by atoms with Crippen molar-refractivity contribution in [2.24, 2.45) is 0 Å². The summed E-state index contributed by atoms with van der Waals surface area (Å²) in [5.41, 5.74) is 1.05. The minimum Gasteiger partial charge on any atom is -0.492 e. The van der Waals surface area contributed by atoms with Crippen molar-refractivity contribution >= 4 is 50.1 Å². The lowest BCUT2D eigenvalue weighted by molar-refractivity contribution is 0.447. The van der Waals surface area contributed by atoms with Gasteiger partial charge in [0.1, 0.15) is 5.03 Å². The number of aromatic nitrogens is 1. The molecule has 0 amide bonds. The fraction of sp³-hybridized carbons (Fsp3) is 0.0625. The van der Waals surface area contributed by atoms with Crippen LogP contribution in [0.1, 0.15) is 5.56 Å². The Morgan fingerprint density at radius 1 is 1.05 bits per heavy atom. The van der Waals surface area contributed by atoms with Gasteiger partial charge >= 0.3 is 0 Å². The lowest BCUT2D eigenvalue weighted by Crippen LogP contribution is -1.88.